The van der Waals surface area contributed by atoms with Gasteiger partial charge in [-0.2, -0.15) is 0 Å². The van der Waals surface area contributed by atoms with Crippen molar-refractivity contribution in [2.45, 2.75) is 58.0 Å². The summed E-state index contributed by atoms with van der Waals surface area (Å²) in [5.41, 5.74) is 1.65. The molecule has 2 aromatic rings. The minimum Gasteiger partial charge on any atom is -0.494 e. The van der Waals surface area contributed by atoms with E-state index in [9.17, 15) is 9.59 Å². The predicted octanol–water partition coefficient (Wildman–Crippen LogP) is 5.61. The Bertz CT molecular complexity index is 810. The van der Waals surface area contributed by atoms with Gasteiger partial charge in [-0.1, -0.05) is 25.8 Å². The lowest BCUT2D eigenvalue weighted by atomic mass is 9.98. The van der Waals surface area contributed by atoms with Crippen LogP contribution in [0.3, 0.4) is 0 Å². The van der Waals surface area contributed by atoms with Gasteiger partial charge in [0.1, 0.15) is 11.9 Å². The van der Waals surface area contributed by atoms with E-state index in [4.69, 9.17) is 9.47 Å². The summed E-state index contributed by atoms with van der Waals surface area (Å²) in [6.45, 7) is 2.74. The number of rotatable bonds is 8. The highest BCUT2D eigenvalue weighted by molar-refractivity contribution is 6.04. The Morgan fingerprint density at radius 1 is 1.00 bits per heavy atom. The van der Waals surface area contributed by atoms with E-state index in [-0.39, 0.29) is 18.0 Å². The van der Waals surface area contributed by atoms with E-state index in [1.807, 2.05) is 6.07 Å². The molecule has 1 aliphatic carbocycles. The number of carbonyl (C=O) groups excluding carboxylic acids is 2. The first kappa shape index (κ1) is 20.9. The van der Waals surface area contributed by atoms with Crippen molar-refractivity contribution < 1.29 is 19.1 Å². The fraction of sp³-hybridized carbons (Fsp3) is 0.417. The summed E-state index contributed by atoms with van der Waals surface area (Å²) in [6.07, 6.45) is 7.42. The summed E-state index contributed by atoms with van der Waals surface area (Å²) < 4.78 is 11.2. The largest absolute Gasteiger partial charge is 0.494 e. The standard InChI is InChI=1S/C24H29NO4/c1-2-3-16-28-22-11-7-8-19(17-22)23(26)25-20-14-12-18(13-15-20)24(27)29-21-9-5-4-6-10-21/h7-8,11-15,17,21H,2-6,9-10,16H2,1H3,(H,25,26). The topological polar surface area (TPSA) is 64.6 Å². The summed E-state index contributed by atoms with van der Waals surface area (Å²) >= 11 is 0. The molecule has 1 saturated carbocycles. The van der Waals surface area contributed by atoms with Crippen LogP contribution in [-0.2, 0) is 4.74 Å². The zero-order valence-electron chi connectivity index (χ0n) is 17.0. The van der Waals surface area contributed by atoms with Crippen LogP contribution in [0.15, 0.2) is 48.5 Å². The van der Waals surface area contributed by atoms with E-state index in [0.29, 0.717) is 29.2 Å². The number of esters is 1. The summed E-state index contributed by atoms with van der Waals surface area (Å²) in [4.78, 5) is 24.8. The van der Waals surface area contributed by atoms with E-state index >= 15 is 0 Å². The maximum absolute atomic E-state index is 12.5. The lowest BCUT2D eigenvalue weighted by Crippen LogP contribution is -2.21. The molecule has 3 rings (SSSR count). The number of unbranched alkanes of at least 4 members (excludes halogenated alkanes) is 1. The average Bonchev–Trinajstić information content (AvgIpc) is 2.75. The van der Waals surface area contributed by atoms with Gasteiger partial charge in [0.25, 0.3) is 5.91 Å². The van der Waals surface area contributed by atoms with Crippen LogP contribution in [-0.4, -0.2) is 24.6 Å². The molecule has 154 valence electrons. The highest BCUT2D eigenvalue weighted by Gasteiger charge is 2.18. The predicted molar refractivity (Wildman–Crippen MR) is 114 cm³/mol. The lowest BCUT2D eigenvalue weighted by molar-refractivity contribution is 0.0211. The van der Waals surface area contributed by atoms with Crippen molar-refractivity contribution in [3.63, 3.8) is 0 Å². The molecule has 0 bridgehead atoms. The fourth-order valence-corrected chi connectivity index (χ4v) is 3.36. The van der Waals surface area contributed by atoms with Crippen molar-refractivity contribution in [3.05, 3.63) is 59.7 Å². The third-order valence-corrected chi connectivity index (χ3v) is 5.07. The number of hydrogen-bond acceptors (Lipinski definition) is 4. The van der Waals surface area contributed by atoms with Crippen LogP contribution in [0.2, 0.25) is 0 Å². The van der Waals surface area contributed by atoms with E-state index in [0.717, 1.165) is 38.5 Å². The number of anilines is 1. The third-order valence-electron chi connectivity index (χ3n) is 5.07. The summed E-state index contributed by atoms with van der Waals surface area (Å²) in [5, 5.41) is 2.85. The zero-order chi connectivity index (χ0) is 20.5. The molecule has 1 aliphatic rings. The summed E-state index contributed by atoms with van der Waals surface area (Å²) in [7, 11) is 0. The van der Waals surface area contributed by atoms with Gasteiger partial charge in [0.2, 0.25) is 0 Å². The zero-order valence-corrected chi connectivity index (χ0v) is 17.0. The Balaban J connectivity index is 1.55. The van der Waals surface area contributed by atoms with Gasteiger partial charge in [0.15, 0.2) is 0 Å². The minimum absolute atomic E-state index is 0.0300. The normalized spacial score (nSPS) is 14.2. The minimum atomic E-state index is -0.299. The maximum Gasteiger partial charge on any atom is 0.338 e. The Labute approximate surface area is 172 Å². The number of carbonyl (C=O) groups is 2. The van der Waals surface area contributed by atoms with Gasteiger partial charge in [-0.3, -0.25) is 4.79 Å². The molecule has 29 heavy (non-hydrogen) atoms. The molecule has 0 aromatic heterocycles. The van der Waals surface area contributed by atoms with Crippen LogP contribution >= 0.6 is 0 Å². The molecule has 1 fully saturated rings. The SMILES string of the molecule is CCCCOc1cccc(C(=O)Nc2ccc(C(=O)OC3CCCCC3)cc2)c1. The van der Waals surface area contributed by atoms with Gasteiger partial charge >= 0.3 is 5.97 Å². The van der Waals surface area contributed by atoms with E-state index in [1.54, 1.807) is 42.5 Å². The molecule has 0 spiro atoms. The molecule has 0 unspecified atom stereocenters. The number of amides is 1. The van der Waals surface area contributed by atoms with Crippen molar-refractivity contribution in [3.8, 4) is 5.75 Å². The second-order valence-electron chi connectivity index (χ2n) is 7.43. The smallest absolute Gasteiger partial charge is 0.338 e. The summed E-state index contributed by atoms with van der Waals surface area (Å²) in [6, 6.07) is 13.9. The molecule has 0 heterocycles. The average molecular weight is 395 g/mol. The van der Waals surface area contributed by atoms with Gasteiger partial charge in [0, 0.05) is 11.3 Å². The molecule has 5 heteroatoms. The van der Waals surface area contributed by atoms with Crippen LogP contribution in [0.5, 0.6) is 5.75 Å². The van der Waals surface area contributed by atoms with Gasteiger partial charge < -0.3 is 14.8 Å². The molecule has 1 amide bonds. The van der Waals surface area contributed by atoms with Crippen LogP contribution < -0.4 is 10.1 Å². The van der Waals surface area contributed by atoms with Gasteiger partial charge in [-0.05, 0) is 74.6 Å². The van der Waals surface area contributed by atoms with Crippen LogP contribution in [0.1, 0.15) is 72.6 Å². The monoisotopic (exact) mass is 395 g/mol. The number of ether oxygens (including phenoxy) is 2. The summed E-state index contributed by atoms with van der Waals surface area (Å²) in [5.74, 6) is 0.169. The molecule has 2 aromatic carbocycles. The van der Waals surface area contributed by atoms with E-state index in [2.05, 4.69) is 12.2 Å². The van der Waals surface area contributed by atoms with Crippen molar-refractivity contribution >= 4 is 17.6 Å². The Morgan fingerprint density at radius 3 is 2.48 bits per heavy atom. The van der Waals surface area contributed by atoms with Crippen LogP contribution in [0.25, 0.3) is 0 Å². The number of benzene rings is 2. The van der Waals surface area contributed by atoms with Gasteiger partial charge in [0.05, 0.1) is 12.2 Å². The first-order valence-corrected chi connectivity index (χ1v) is 10.5. The van der Waals surface area contributed by atoms with Gasteiger partial charge in [-0.15, -0.1) is 0 Å². The van der Waals surface area contributed by atoms with Crippen molar-refractivity contribution in [2.75, 3.05) is 11.9 Å². The van der Waals surface area contributed by atoms with Crippen molar-refractivity contribution in [1.29, 1.82) is 0 Å². The number of nitrogens with one attached hydrogen (secondary N) is 1. The molecule has 0 aliphatic heterocycles. The number of hydrogen-bond donors (Lipinski definition) is 1. The molecular weight excluding hydrogens is 366 g/mol. The third kappa shape index (κ3) is 6.34. The lowest BCUT2D eigenvalue weighted by Gasteiger charge is -2.21. The van der Waals surface area contributed by atoms with Crippen molar-refractivity contribution in [1.82, 2.24) is 0 Å². The molecule has 0 radical (unpaired) electrons. The first-order valence-electron chi connectivity index (χ1n) is 10.5. The molecule has 0 atom stereocenters. The second-order valence-corrected chi connectivity index (χ2v) is 7.43. The highest BCUT2D eigenvalue weighted by atomic mass is 16.5. The second kappa shape index (κ2) is 10.6. The Kier molecular flexibility index (Phi) is 7.68. The van der Waals surface area contributed by atoms with Crippen LogP contribution in [0.4, 0.5) is 5.69 Å². The van der Waals surface area contributed by atoms with E-state index < -0.39 is 0 Å². The molecule has 5 nitrogen and oxygen atoms in total. The highest BCUT2D eigenvalue weighted by Crippen LogP contribution is 2.22. The van der Waals surface area contributed by atoms with Crippen LogP contribution in [0, 0.1) is 0 Å². The molecule has 0 saturated heterocycles. The van der Waals surface area contributed by atoms with E-state index in [1.165, 1.54) is 6.42 Å². The van der Waals surface area contributed by atoms with Gasteiger partial charge in [-0.25, -0.2) is 4.79 Å². The molecular formula is C24H29NO4. The van der Waals surface area contributed by atoms with Crippen molar-refractivity contribution in [2.24, 2.45) is 0 Å². The maximum atomic E-state index is 12.5. The first-order chi connectivity index (χ1) is 14.2. The quantitative estimate of drug-likeness (QED) is 0.466. The Hall–Kier alpha value is -2.82. The Morgan fingerprint density at radius 2 is 1.76 bits per heavy atom. The fourth-order valence-electron chi connectivity index (χ4n) is 3.36. The molecule has 1 N–H and O–H groups in total.